The molecule has 2 fully saturated rings. The molecule has 0 saturated carbocycles. The maximum absolute atomic E-state index is 13.2. The molecule has 2 aliphatic rings. The summed E-state index contributed by atoms with van der Waals surface area (Å²) < 4.78 is 25.2. The Labute approximate surface area is 181 Å². The topological polar surface area (TPSA) is 86.8 Å². The van der Waals surface area contributed by atoms with E-state index in [0.29, 0.717) is 48.2 Å². The Bertz CT molecular complexity index is 893. The van der Waals surface area contributed by atoms with E-state index >= 15 is 0 Å². The first-order valence-electron chi connectivity index (χ1n) is 9.65. The van der Waals surface area contributed by atoms with Crippen LogP contribution in [-0.4, -0.2) is 68.5 Å². The molecule has 0 spiro atoms. The van der Waals surface area contributed by atoms with Crippen LogP contribution in [0.2, 0.25) is 10.0 Å². The number of likely N-dealkylation sites (tertiary alicyclic amines) is 2. The normalized spacial score (nSPS) is 22.7. The second-order valence-electron chi connectivity index (χ2n) is 7.69. The molecule has 1 aromatic rings. The molecule has 1 N–H and O–H groups in total. The minimum atomic E-state index is -3.26. The van der Waals surface area contributed by atoms with Crippen LogP contribution in [0.4, 0.5) is 0 Å². The summed E-state index contributed by atoms with van der Waals surface area (Å²) in [5.74, 6) is -0.311. The molecule has 10 heteroatoms. The van der Waals surface area contributed by atoms with Gasteiger partial charge in [-0.1, -0.05) is 23.2 Å². The van der Waals surface area contributed by atoms with Crippen molar-refractivity contribution in [1.29, 1.82) is 0 Å². The molecule has 0 aromatic heterocycles. The van der Waals surface area contributed by atoms with E-state index in [-0.39, 0.29) is 17.7 Å². The molecular weight excluding hydrogens is 437 g/mol. The average molecular weight is 462 g/mol. The van der Waals surface area contributed by atoms with Crippen molar-refractivity contribution in [3.63, 3.8) is 0 Å². The van der Waals surface area contributed by atoms with Crippen LogP contribution in [0.1, 0.15) is 36.0 Å². The predicted molar refractivity (Wildman–Crippen MR) is 113 cm³/mol. The number of nitrogens with one attached hydrogen (secondary N) is 1. The third kappa shape index (κ3) is 5.63. The van der Waals surface area contributed by atoms with Crippen molar-refractivity contribution in [2.24, 2.45) is 5.92 Å². The number of piperidine rings is 1. The van der Waals surface area contributed by atoms with Crippen molar-refractivity contribution in [1.82, 2.24) is 14.5 Å². The number of nitrogens with zero attached hydrogens (tertiary/aromatic N) is 2. The van der Waals surface area contributed by atoms with Gasteiger partial charge >= 0.3 is 0 Å². The molecule has 0 aliphatic carbocycles. The number of halogens is 2. The lowest BCUT2D eigenvalue weighted by atomic mass is 9.97. The van der Waals surface area contributed by atoms with Gasteiger partial charge in [0.05, 0.1) is 16.8 Å². The van der Waals surface area contributed by atoms with E-state index < -0.39 is 16.1 Å². The lowest BCUT2D eigenvalue weighted by Crippen LogP contribution is -2.51. The Kier molecular flexibility index (Phi) is 7.09. The van der Waals surface area contributed by atoms with Crippen LogP contribution < -0.4 is 4.72 Å². The van der Waals surface area contributed by atoms with Gasteiger partial charge < -0.3 is 9.80 Å². The molecule has 7 nitrogen and oxygen atoms in total. The molecular formula is C19H25Cl2N3O4S. The number of sulfonamides is 1. The molecule has 0 radical (unpaired) electrons. The fourth-order valence-corrected chi connectivity index (χ4v) is 4.90. The Balaban J connectivity index is 1.69. The smallest absolute Gasteiger partial charge is 0.256 e. The molecule has 160 valence electrons. The first kappa shape index (κ1) is 22.3. The summed E-state index contributed by atoms with van der Waals surface area (Å²) in [4.78, 5) is 29.5. The van der Waals surface area contributed by atoms with Gasteiger partial charge in [-0.15, -0.1) is 0 Å². The largest absolute Gasteiger partial charge is 0.341 e. The van der Waals surface area contributed by atoms with Crippen LogP contribution in [0.3, 0.4) is 0 Å². The summed E-state index contributed by atoms with van der Waals surface area (Å²) in [5, 5.41) is 0.722. The van der Waals surface area contributed by atoms with Crippen LogP contribution in [0.15, 0.2) is 18.2 Å². The second-order valence-corrected chi connectivity index (χ2v) is 10.4. The highest BCUT2D eigenvalue weighted by molar-refractivity contribution is 7.88. The maximum Gasteiger partial charge on any atom is 0.256 e. The highest BCUT2D eigenvalue weighted by Gasteiger charge is 2.38. The van der Waals surface area contributed by atoms with Crippen molar-refractivity contribution in [3.05, 3.63) is 33.8 Å². The molecule has 2 aliphatic heterocycles. The SMILES string of the molecule is CS(=O)(=O)NCC1CCCN(C(=O)C2CCCN2C(=O)c2cc(Cl)ccc2Cl)C1. The van der Waals surface area contributed by atoms with Gasteiger partial charge in [-0.3, -0.25) is 9.59 Å². The quantitative estimate of drug-likeness (QED) is 0.728. The molecule has 2 saturated heterocycles. The third-order valence-corrected chi connectivity index (χ3v) is 6.68. The van der Waals surface area contributed by atoms with Gasteiger partial charge in [-0.05, 0) is 49.8 Å². The summed E-state index contributed by atoms with van der Waals surface area (Å²) in [6, 6.07) is 4.19. The molecule has 3 rings (SSSR count). The molecule has 0 bridgehead atoms. The minimum absolute atomic E-state index is 0.0651. The zero-order valence-corrected chi connectivity index (χ0v) is 18.6. The Morgan fingerprint density at radius 1 is 1.17 bits per heavy atom. The predicted octanol–water partition coefficient (Wildman–Crippen LogP) is 2.39. The molecule has 29 heavy (non-hydrogen) atoms. The fraction of sp³-hybridized carbons (Fsp3) is 0.579. The van der Waals surface area contributed by atoms with E-state index in [9.17, 15) is 18.0 Å². The fourth-order valence-electron chi connectivity index (χ4n) is 3.99. The van der Waals surface area contributed by atoms with Crippen LogP contribution in [0, 0.1) is 5.92 Å². The van der Waals surface area contributed by atoms with Gasteiger partial charge in [0.2, 0.25) is 15.9 Å². The highest BCUT2D eigenvalue weighted by Crippen LogP contribution is 2.28. The number of hydrogen-bond acceptors (Lipinski definition) is 4. The Morgan fingerprint density at radius 3 is 2.62 bits per heavy atom. The minimum Gasteiger partial charge on any atom is -0.341 e. The number of benzene rings is 1. The first-order chi connectivity index (χ1) is 13.7. The van der Waals surface area contributed by atoms with Crippen molar-refractivity contribution < 1.29 is 18.0 Å². The van der Waals surface area contributed by atoms with E-state index in [1.807, 2.05) is 0 Å². The zero-order valence-electron chi connectivity index (χ0n) is 16.2. The molecule has 2 unspecified atom stereocenters. The summed E-state index contributed by atoms with van der Waals surface area (Å²) in [5.41, 5.74) is 0.299. The summed E-state index contributed by atoms with van der Waals surface area (Å²) in [6.07, 6.45) is 4.14. The molecule has 2 heterocycles. The summed E-state index contributed by atoms with van der Waals surface area (Å²) >= 11 is 12.2. The van der Waals surface area contributed by atoms with Crippen LogP contribution in [-0.2, 0) is 14.8 Å². The van der Waals surface area contributed by atoms with Crippen LogP contribution >= 0.6 is 23.2 Å². The van der Waals surface area contributed by atoms with Gasteiger partial charge in [0.1, 0.15) is 6.04 Å². The van der Waals surface area contributed by atoms with Crippen LogP contribution in [0.5, 0.6) is 0 Å². The standard InChI is InChI=1S/C19H25Cl2N3O4S/c1-29(27,28)22-11-13-4-2-8-23(12-13)19(26)17-5-3-9-24(17)18(25)15-10-14(20)6-7-16(15)21/h6-7,10,13,17,22H,2-5,8-9,11-12H2,1H3. The molecule has 2 amide bonds. The zero-order chi connectivity index (χ0) is 21.2. The molecule has 2 atom stereocenters. The average Bonchev–Trinajstić information content (AvgIpc) is 3.16. The molecule has 1 aromatic carbocycles. The maximum atomic E-state index is 13.2. The second kappa shape index (κ2) is 9.20. The number of carbonyl (C=O) groups excluding carboxylic acids is 2. The van der Waals surface area contributed by atoms with Gasteiger partial charge in [0.15, 0.2) is 0 Å². The monoisotopic (exact) mass is 461 g/mol. The van der Waals surface area contributed by atoms with E-state index in [4.69, 9.17) is 23.2 Å². The number of rotatable bonds is 5. The first-order valence-corrected chi connectivity index (χ1v) is 12.3. The van der Waals surface area contributed by atoms with E-state index in [2.05, 4.69) is 4.72 Å². The number of hydrogen-bond donors (Lipinski definition) is 1. The summed E-state index contributed by atoms with van der Waals surface area (Å²) in [6.45, 7) is 1.90. The van der Waals surface area contributed by atoms with Crippen LogP contribution in [0.25, 0.3) is 0 Å². The third-order valence-electron chi connectivity index (χ3n) is 5.42. The van der Waals surface area contributed by atoms with Crippen molar-refractivity contribution >= 4 is 45.0 Å². The van der Waals surface area contributed by atoms with Crippen molar-refractivity contribution in [2.45, 2.75) is 31.7 Å². The van der Waals surface area contributed by atoms with Crippen molar-refractivity contribution in [3.8, 4) is 0 Å². The summed E-state index contributed by atoms with van der Waals surface area (Å²) in [7, 11) is -3.26. The highest BCUT2D eigenvalue weighted by atomic mass is 35.5. The van der Waals surface area contributed by atoms with Gasteiger partial charge in [0, 0.05) is 31.2 Å². The van der Waals surface area contributed by atoms with Gasteiger partial charge in [-0.25, -0.2) is 13.1 Å². The van der Waals surface area contributed by atoms with Gasteiger partial charge in [-0.2, -0.15) is 0 Å². The van der Waals surface area contributed by atoms with E-state index in [0.717, 1.165) is 25.5 Å². The van der Waals surface area contributed by atoms with Gasteiger partial charge in [0.25, 0.3) is 5.91 Å². The van der Waals surface area contributed by atoms with E-state index in [1.165, 1.54) is 6.07 Å². The Morgan fingerprint density at radius 2 is 1.90 bits per heavy atom. The lowest BCUT2D eigenvalue weighted by Gasteiger charge is -2.36. The Hall–Kier alpha value is -1.35. The number of carbonyl (C=O) groups is 2. The van der Waals surface area contributed by atoms with Crippen molar-refractivity contribution in [2.75, 3.05) is 32.4 Å². The number of amides is 2. The van der Waals surface area contributed by atoms with E-state index in [1.54, 1.807) is 21.9 Å². The lowest BCUT2D eigenvalue weighted by molar-refractivity contribution is -0.137.